The molecular formula is C19H18F5N3O3S. The molecule has 0 unspecified atom stereocenters. The van der Waals surface area contributed by atoms with Gasteiger partial charge in [0.15, 0.2) is 11.6 Å². The Balaban J connectivity index is 1.57. The lowest BCUT2D eigenvalue weighted by atomic mass is 10.2. The zero-order chi connectivity index (χ0) is 22.8. The molecule has 0 radical (unpaired) electrons. The van der Waals surface area contributed by atoms with Crippen molar-refractivity contribution in [2.45, 2.75) is 11.1 Å². The van der Waals surface area contributed by atoms with E-state index >= 15 is 0 Å². The van der Waals surface area contributed by atoms with Crippen LogP contribution in [0.5, 0.6) is 0 Å². The molecule has 1 saturated heterocycles. The summed E-state index contributed by atoms with van der Waals surface area (Å²) in [6.45, 7) is -0.289. The highest BCUT2D eigenvalue weighted by Crippen LogP contribution is 2.30. The van der Waals surface area contributed by atoms with E-state index in [1.807, 2.05) is 0 Å². The summed E-state index contributed by atoms with van der Waals surface area (Å²) in [6.07, 6.45) is -4.50. The highest BCUT2D eigenvalue weighted by molar-refractivity contribution is 7.89. The zero-order valence-corrected chi connectivity index (χ0v) is 16.8. The number of carbonyl (C=O) groups excluding carboxylic acids is 1. The summed E-state index contributed by atoms with van der Waals surface area (Å²) in [4.78, 5) is 13.3. The van der Waals surface area contributed by atoms with Gasteiger partial charge < -0.3 is 10.2 Å². The fourth-order valence-corrected chi connectivity index (χ4v) is 4.49. The average molecular weight is 463 g/mol. The molecule has 0 aromatic heterocycles. The fourth-order valence-electron chi connectivity index (χ4n) is 3.06. The maximum Gasteiger partial charge on any atom is 0.416 e. The van der Waals surface area contributed by atoms with E-state index in [-0.39, 0.29) is 38.4 Å². The van der Waals surface area contributed by atoms with Crippen molar-refractivity contribution in [2.24, 2.45) is 0 Å². The van der Waals surface area contributed by atoms with Crippen LogP contribution >= 0.6 is 0 Å². The number of alkyl halides is 3. The predicted molar refractivity (Wildman–Crippen MR) is 102 cm³/mol. The molecular weight excluding hydrogens is 445 g/mol. The fraction of sp³-hybridized carbons (Fsp3) is 0.316. The van der Waals surface area contributed by atoms with Gasteiger partial charge in [0, 0.05) is 31.9 Å². The van der Waals surface area contributed by atoms with Crippen LogP contribution in [0.1, 0.15) is 5.56 Å². The standard InChI is InChI=1S/C19H18F5N3O3S/c20-16-5-4-15(11-17(16)21)31(29,30)27-8-6-26(7-9-27)18(28)12-25-14-3-1-2-13(10-14)19(22,23)24/h1-5,10-11,25H,6-9,12H2. The highest BCUT2D eigenvalue weighted by Gasteiger charge is 2.32. The third kappa shape index (κ3) is 5.31. The van der Waals surface area contributed by atoms with E-state index in [9.17, 15) is 35.2 Å². The molecule has 6 nitrogen and oxygen atoms in total. The van der Waals surface area contributed by atoms with Crippen LogP contribution in [0, 0.1) is 11.6 Å². The number of sulfonamides is 1. The molecule has 1 N–H and O–H groups in total. The van der Waals surface area contributed by atoms with Gasteiger partial charge >= 0.3 is 6.18 Å². The predicted octanol–water partition coefficient (Wildman–Crippen LogP) is 2.93. The van der Waals surface area contributed by atoms with E-state index in [1.165, 1.54) is 17.0 Å². The van der Waals surface area contributed by atoms with Crippen molar-refractivity contribution in [3.63, 3.8) is 0 Å². The van der Waals surface area contributed by atoms with Gasteiger partial charge in [-0.25, -0.2) is 17.2 Å². The summed E-state index contributed by atoms with van der Waals surface area (Å²) in [6, 6.07) is 6.71. The number of hydrogen-bond donors (Lipinski definition) is 1. The molecule has 3 rings (SSSR count). The second-order valence-electron chi connectivity index (χ2n) is 6.79. The number of anilines is 1. The first-order valence-electron chi connectivity index (χ1n) is 9.12. The van der Waals surface area contributed by atoms with Crippen molar-refractivity contribution in [3.05, 3.63) is 59.7 Å². The number of halogens is 5. The number of nitrogens with one attached hydrogen (secondary N) is 1. The minimum atomic E-state index is -4.50. The van der Waals surface area contributed by atoms with Crippen molar-refractivity contribution in [2.75, 3.05) is 38.0 Å². The molecule has 0 bridgehead atoms. The van der Waals surface area contributed by atoms with Crippen LogP contribution in [0.2, 0.25) is 0 Å². The van der Waals surface area contributed by atoms with Crippen molar-refractivity contribution < 1.29 is 35.2 Å². The van der Waals surface area contributed by atoms with Crippen LogP contribution in [0.4, 0.5) is 27.6 Å². The van der Waals surface area contributed by atoms with Gasteiger partial charge in [0.2, 0.25) is 15.9 Å². The lowest BCUT2D eigenvalue weighted by Gasteiger charge is -2.34. The van der Waals surface area contributed by atoms with Gasteiger partial charge in [-0.3, -0.25) is 4.79 Å². The lowest BCUT2D eigenvalue weighted by molar-refractivity contribution is -0.137. The average Bonchev–Trinajstić information content (AvgIpc) is 2.73. The third-order valence-corrected chi connectivity index (χ3v) is 6.65. The summed E-state index contributed by atoms with van der Waals surface area (Å²) < 4.78 is 90.9. The van der Waals surface area contributed by atoms with E-state index in [1.54, 1.807) is 0 Å². The van der Waals surface area contributed by atoms with Gasteiger partial charge in [0.1, 0.15) is 0 Å². The van der Waals surface area contributed by atoms with Crippen LogP contribution in [0.3, 0.4) is 0 Å². The topological polar surface area (TPSA) is 69.7 Å². The van der Waals surface area contributed by atoms with Crippen molar-refractivity contribution in [1.29, 1.82) is 0 Å². The summed E-state index contributed by atoms with van der Waals surface area (Å²) in [5, 5.41) is 2.63. The van der Waals surface area contributed by atoms with Crippen LogP contribution in [-0.2, 0) is 21.0 Å². The summed E-state index contributed by atoms with van der Waals surface area (Å²) in [5.41, 5.74) is -0.719. The molecule has 1 amide bonds. The molecule has 31 heavy (non-hydrogen) atoms. The van der Waals surface area contributed by atoms with Gasteiger partial charge in [-0.1, -0.05) is 6.07 Å². The van der Waals surface area contributed by atoms with Crippen LogP contribution < -0.4 is 5.32 Å². The van der Waals surface area contributed by atoms with Gasteiger partial charge in [-0.05, 0) is 36.4 Å². The molecule has 2 aromatic rings. The monoisotopic (exact) mass is 463 g/mol. The van der Waals surface area contributed by atoms with E-state index < -0.39 is 44.2 Å². The highest BCUT2D eigenvalue weighted by atomic mass is 32.2. The summed E-state index contributed by atoms with van der Waals surface area (Å²) in [7, 11) is -4.06. The van der Waals surface area contributed by atoms with E-state index in [4.69, 9.17) is 0 Å². The molecule has 2 aromatic carbocycles. The molecule has 1 aliphatic rings. The molecule has 12 heteroatoms. The number of carbonyl (C=O) groups is 1. The first kappa shape index (κ1) is 22.9. The minimum Gasteiger partial charge on any atom is -0.376 e. The number of rotatable bonds is 5. The van der Waals surface area contributed by atoms with Crippen LogP contribution in [-0.4, -0.2) is 56.3 Å². The van der Waals surface area contributed by atoms with E-state index in [2.05, 4.69) is 5.32 Å². The van der Waals surface area contributed by atoms with Crippen molar-refractivity contribution in [3.8, 4) is 0 Å². The normalized spacial score (nSPS) is 15.7. The van der Waals surface area contributed by atoms with Gasteiger partial charge in [0.05, 0.1) is 17.0 Å². The number of hydrogen-bond acceptors (Lipinski definition) is 4. The number of amides is 1. The van der Waals surface area contributed by atoms with Gasteiger partial charge in [0.25, 0.3) is 0 Å². The Bertz CT molecular complexity index is 1070. The SMILES string of the molecule is O=C(CNc1cccc(C(F)(F)F)c1)N1CCN(S(=O)(=O)c2ccc(F)c(F)c2)CC1. The summed E-state index contributed by atoms with van der Waals surface area (Å²) >= 11 is 0. The van der Waals surface area contributed by atoms with E-state index in [0.29, 0.717) is 6.07 Å². The number of piperazine rings is 1. The Morgan fingerprint density at radius 3 is 2.26 bits per heavy atom. The Hall–Kier alpha value is -2.73. The molecule has 168 valence electrons. The molecule has 1 aliphatic heterocycles. The summed E-state index contributed by atoms with van der Waals surface area (Å²) in [5.74, 6) is -2.86. The number of nitrogens with zero attached hydrogens (tertiary/aromatic N) is 2. The second-order valence-corrected chi connectivity index (χ2v) is 8.73. The minimum absolute atomic E-state index is 0.0476. The molecule has 0 aliphatic carbocycles. The van der Waals surface area contributed by atoms with Crippen molar-refractivity contribution >= 4 is 21.6 Å². The van der Waals surface area contributed by atoms with Gasteiger partial charge in [-0.15, -0.1) is 0 Å². The smallest absolute Gasteiger partial charge is 0.376 e. The quantitative estimate of drug-likeness (QED) is 0.693. The van der Waals surface area contributed by atoms with Crippen LogP contribution in [0.25, 0.3) is 0 Å². The first-order chi connectivity index (χ1) is 14.5. The Morgan fingerprint density at radius 2 is 1.65 bits per heavy atom. The van der Waals surface area contributed by atoms with Crippen molar-refractivity contribution in [1.82, 2.24) is 9.21 Å². The zero-order valence-electron chi connectivity index (χ0n) is 16.0. The molecule has 0 saturated carbocycles. The molecule has 0 atom stereocenters. The molecule has 1 heterocycles. The Labute approximate surface area is 175 Å². The van der Waals surface area contributed by atoms with Gasteiger partial charge in [-0.2, -0.15) is 17.5 Å². The second kappa shape index (κ2) is 8.79. The molecule has 1 fully saturated rings. The largest absolute Gasteiger partial charge is 0.416 e. The maximum atomic E-state index is 13.4. The third-order valence-electron chi connectivity index (χ3n) is 4.75. The Kier molecular flexibility index (Phi) is 6.51. The number of benzene rings is 2. The van der Waals surface area contributed by atoms with E-state index in [0.717, 1.165) is 28.6 Å². The Morgan fingerprint density at radius 1 is 0.968 bits per heavy atom. The first-order valence-corrected chi connectivity index (χ1v) is 10.6. The maximum absolute atomic E-state index is 13.4. The lowest BCUT2D eigenvalue weighted by Crippen LogP contribution is -2.51. The van der Waals surface area contributed by atoms with Crippen LogP contribution in [0.15, 0.2) is 47.4 Å². The molecule has 0 spiro atoms.